The molecule has 3 rings (SSSR count). The monoisotopic (exact) mass is 288 g/mol. The van der Waals surface area contributed by atoms with Gasteiger partial charge in [0.25, 0.3) is 0 Å². The molecule has 3 heteroatoms. The van der Waals surface area contributed by atoms with Crippen LogP contribution < -0.4 is 4.90 Å². The topological polar surface area (TPSA) is 26.7 Å². The van der Waals surface area contributed by atoms with Gasteiger partial charge >= 0.3 is 0 Å². The minimum absolute atomic E-state index is 0.340. The second-order valence-corrected chi connectivity index (χ2v) is 6.67. The van der Waals surface area contributed by atoms with Crippen molar-refractivity contribution in [2.24, 2.45) is 5.92 Å². The average Bonchev–Trinajstić information content (AvgIpc) is 2.54. The van der Waals surface area contributed by atoms with E-state index in [-0.39, 0.29) is 6.10 Å². The van der Waals surface area contributed by atoms with Gasteiger partial charge in [0.05, 0.1) is 6.10 Å². The Bertz CT molecular complexity index is 476. The highest BCUT2D eigenvalue weighted by Gasteiger charge is 2.34. The van der Waals surface area contributed by atoms with Gasteiger partial charge in [-0.15, -0.1) is 0 Å². The van der Waals surface area contributed by atoms with Crippen molar-refractivity contribution in [1.82, 2.24) is 4.90 Å². The number of likely N-dealkylation sites (tertiary alicyclic amines) is 1. The smallest absolute Gasteiger partial charge is 0.0807 e. The summed E-state index contributed by atoms with van der Waals surface area (Å²) in [6.07, 6.45) is 4.36. The number of hydrogen-bond donors (Lipinski definition) is 1. The van der Waals surface area contributed by atoms with Crippen molar-refractivity contribution in [1.29, 1.82) is 0 Å². The summed E-state index contributed by atoms with van der Waals surface area (Å²) in [5, 5.41) is 10.3. The maximum atomic E-state index is 10.3. The molecule has 2 aliphatic rings. The molecule has 2 saturated heterocycles. The summed E-state index contributed by atoms with van der Waals surface area (Å²) in [5.41, 5.74) is 2.35. The number of aliphatic hydroxyl groups is 1. The van der Waals surface area contributed by atoms with Crippen molar-refractivity contribution in [3.63, 3.8) is 0 Å². The van der Waals surface area contributed by atoms with Crippen molar-refractivity contribution in [3.05, 3.63) is 29.8 Å². The second kappa shape index (κ2) is 6.37. The van der Waals surface area contributed by atoms with E-state index in [4.69, 9.17) is 0 Å². The van der Waals surface area contributed by atoms with Gasteiger partial charge in [0, 0.05) is 30.4 Å². The summed E-state index contributed by atoms with van der Waals surface area (Å²) < 4.78 is 0. The Morgan fingerprint density at radius 1 is 1.24 bits per heavy atom. The third-order valence-corrected chi connectivity index (χ3v) is 5.37. The van der Waals surface area contributed by atoms with E-state index in [2.05, 4.69) is 35.0 Å². The highest BCUT2D eigenvalue weighted by Crippen LogP contribution is 2.35. The van der Waals surface area contributed by atoms with E-state index in [1.54, 1.807) is 0 Å². The van der Waals surface area contributed by atoms with E-state index in [1.807, 2.05) is 13.0 Å². The van der Waals surface area contributed by atoms with Gasteiger partial charge in [-0.2, -0.15) is 0 Å². The van der Waals surface area contributed by atoms with Crippen molar-refractivity contribution in [2.45, 2.75) is 44.8 Å². The SMILES string of the molecule is CC[C@@H](O)c1ccccc1N1CCC2C(CCCN2C)C1. The van der Waals surface area contributed by atoms with E-state index in [0.717, 1.165) is 37.0 Å². The van der Waals surface area contributed by atoms with E-state index in [1.165, 1.54) is 31.5 Å². The first-order valence-electron chi connectivity index (χ1n) is 8.43. The molecule has 116 valence electrons. The molecule has 3 atom stereocenters. The first kappa shape index (κ1) is 14.9. The van der Waals surface area contributed by atoms with Gasteiger partial charge in [-0.3, -0.25) is 0 Å². The normalized spacial score (nSPS) is 28.2. The third kappa shape index (κ3) is 2.95. The van der Waals surface area contributed by atoms with Crippen LogP contribution in [0.1, 0.15) is 44.3 Å². The van der Waals surface area contributed by atoms with Crippen LogP contribution >= 0.6 is 0 Å². The van der Waals surface area contributed by atoms with Gasteiger partial charge < -0.3 is 14.9 Å². The van der Waals surface area contributed by atoms with Gasteiger partial charge in [0.15, 0.2) is 0 Å². The van der Waals surface area contributed by atoms with Gasteiger partial charge in [0.2, 0.25) is 0 Å². The van der Waals surface area contributed by atoms with Crippen LogP contribution in [0.2, 0.25) is 0 Å². The van der Waals surface area contributed by atoms with Gasteiger partial charge in [-0.05, 0) is 51.3 Å². The molecule has 0 aromatic heterocycles. The summed E-state index contributed by atoms with van der Waals surface area (Å²) in [4.78, 5) is 5.06. The molecule has 0 amide bonds. The largest absolute Gasteiger partial charge is 0.388 e. The van der Waals surface area contributed by atoms with Crippen LogP contribution in [0.4, 0.5) is 5.69 Å². The predicted octanol–water partition coefficient (Wildman–Crippen LogP) is 3.05. The van der Waals surface area contributed by atoms with Crippen LogP contribution in [0.15, 0.2) is 24.3 Å². The van der Waals surface area contributed by atoms with Crippen molar-refractivity contribution in [2.75, 3.05) is 31.6 Å². The Labute approximate surface area is 128 Å². The number of piperidine rings is 2. The minimum Gasteiger partial charge on any atom is -0.388 e. The molecule has 2 aliphatic heterocycles. The van der Waals surface area contributed by atoms with Crippen LogP contribution in [0, 0.1) is 5.92 Å². The Kier molecular flexibility index (Phi) is 4.51. The van der Waals surface area contributed by atoms with E-state index in [9.17, 15) is 5.11 Å². The first-order chi connectivity index (χ1) is 10.2. The Morgan fingerprint density at radius 2 is 2.05 bits per heavy atom. The Morgan fingerprint density at radius 3 is 2.86 bits per heavy atom. The molecular formula is C18H28N2O. The standard InChI is InChI=1S/C18H28N2O/c1-3-18(21)15-8-4-5-9-17(15)20-12-10-16-14(13-20)7-6-11-19(16)2/h4-5,8-9,14,16,18,21H,3,6-7,10-13H2,1-2H3/t14?,16?,18-/m1/s1. The maximum absolute atomic E-state index is 10.3. The lowest BCUT2D eigenvalue weighted by Crippen LogP contribution is -2.52. The first-order valence-corrected chi connectivity index (χ1v) is 8.43. The molecule has 2 heterocycles. The van der Waals surface area contributed by atoms with Crippen LogP contribution in [-0.4, -0.2) is 42.7 Å². The molecule has 1 aromatic rings. The van der Waals surface area contributed by atoms with Crippen LogP contribution in [-0.2, 0) is 0 Å². The molecule has 0 bridgehead atoms. The molecule has 0 spiro atoms. The summed E-state index contributed by atoms with van der Waals surface area (Å²) >= 11 is 0. The van der Waals surface area contributed by atoms with Crippen LogP contribution in [0.5, 0.6) is 0 Å². The summed E-state index contributed by atoms with van der Waals surface area (Å²) in [5.74, 6) is 0.782. The number of benzene rings is 1. The lowest BCUT2D eigenvalue weighted by molar-refractivity contribution is 0.102. The van der Waals surface area contributed by atoms with E-state index < -0.39 is 0 Å². The fourth-order valence-electron chi connectivity index (χ4n) is 4.15. The predicted molar refractivity (Wildman–Crippen MR) is 87.7 cm³/mol. The second-order valence-electron chi connectivity index (χ2n) is 6.67. The molecule has 1 aromatic carbocycles. The molecule has 2 fully saturated rings. The van der Waals surface area contributed by atoms with Crippen LogP contribution in [0.3, 0.4) is 0 Å². The number of para-hydroxylation sites is 1. The lowest BCUT2D eigenvalue weighted by Gasteiger charge is -2.47. The molecule has 21 heavy (non-hydrogen) atoms. The third-order valence-electron chi connectivity index (χ3n) is 5.37. The summed E-state index contributed by atoms with van der Waals surface area (Å²) in [7, 11) is 2.28. The van der Waals surface area contributed by atoms with Gasteiger partial charge in [-0.25, -0.2) is 0 Å². The zero-order chi connectivity index (χ0) is 14.8. The Balaban J connectivity index is 1.79. The molecule has 0 aliphatic carbocycles. The van der Waals surface area contributed by atoms with Crippen molar-refractivity contribution < 1.29 is 5.11 Å². The molecule has 0 radical (unpaired) electrons. The number of aliphatic hydroxyl groups excluding tert-OH is 1. The fourth-order valence-corrected chi connectivity index (χ4v) is 4.15. The molecular weight excluding hydrogens is 260 g/mol. The number of fused-ring (bicyclic) bond motifs is 1. The van der Waals surface area contributed by atoms with Gasteiger partial charge in [-0.1, -0.05) is 25.1 Å². The molecule has 1 N–H and O–H groups in total. The number of anilines is 1. The molecule has 0 saturated carbocycles. The highest BCUT2D eigenvalue weighted by atomic mass is 16.3. The van der Waals surface area contributed by atoms with Crippen LogP contribution in [0.25, 0.3) is 0 Å². The highest BCUT2D eigenvalue weighted by molar-refractivity contribution is 5.55. The maximum Gasteiger partial charge on any atom is 0.0807 e. The molecule has 3 nitrogen and oxygen atoms in total. The minimum atomic E-state index is -0.340. The average molecular weight is 288 g/mol. The summed E-state index contributed by atoms with van der Waals surface area (Å²) in [6, 6.07) is 9.17. The lowest BCUT2D eigenvalue weighted by atomic mass is 9.83. The van der Waals surface area contributed by atoms with Crippen molar-refractivity contribution >= 4 is 5.69 Å². The molecule has 2 unspecified atom stereocenters. The van der Waals surface area contributed by atoms with Gasteiger partial charge in [0.1, 0.15) is 0 Å². The number of rotatable bonds is 3. The number of nitrogens with zero attached hydrogens (tertiary/aromatic N) is 2. The zero-order valence-electron chi connectivity index (χ0n) is 13.3. The zero-order valence-corrected chi connectivity index (χ0v) is 13.3. The van der Waals surface area contributed by atoms with Crippen molar-refractivity contribution in [3.8, 4) is 0 Å². The van der Waals surface area contributed by atoms with E-state index >= 15 is 0 Å². The quantitative estimate of drug-likeness (QED) is 0.926. The Hall–Kier alpha value is -1.06. The fraction of sp³-hybridized carbons (Fsp3) is 0.667. The van der Waals surface area contributed by atoms with E-state index in [0.29, 0.717) is 0 Å². The summed E-state index contributed by atoms with van der Waals surface area (Å²) in [6.45, 7) is 5.55. The number of hydrogen-bond acceptors (Lipinski definition) is 3.